The summed E-state index contributed by atoms with van der Waals surface area (Å²) >= 11 is 0. The topological polar surface area (TPSA) is 56.8 Å². The van der Waals surface area contributed by atoms with Crippen LogP contribution < -0.4 is 19.5 Å². The maximum Gasteiger partial charge on any atom is 0.260 e. The zero-order valence-electron chi connectivity index (χ0n) is 16.7. The van der Waals surface area contributed by atoms with Crippen LogP contribution in [0.1, 0.15) is 37.8 Å². The first-order valence-corrected chi connectivity index (χ1v) is 9.23. The van der Waals surface area contributed by atoms with Crippen LogP contribution in [0.3, 0.4) is 0 Å². The molecule has 1 amide bonds. The minimum atomic E-state index is -0.587. The first-order chi connectivity index (χ1) is 12.9. The molecule has 2 aromatic carbocycles. The molecule has 5 heteroatoms. The van der Waals surface area contributed by atoms with Crippen molar-refractivity contribution in [2.24, 2.45) is 0 Å². The fourth-order valence-electron chi connectivity index (χ4n) is 2.68. The number of hydrogen-bond acceptors (Lipinski definition) is 4. The van der Waals surface area contributed by atoms with Crippen LogP contribution in [-0.2, 0) is 4.79 Å². The molecule has 2 aromatic rings. The number of ether oxygens (including phenoxy) is 3. The van der Waals surface area contributed by atoms with E-state index in [2.05, 4.69) is 31.3 Å². The lowest BCUT2D eigenvalue weighted by Gasteiger charge is -2.19. The molecule has 0 aromatic heterocycles. The number of carbonyl (C=O) groups is 1. The quantitative estimate of drug-likeness (QED) is 0.675. The molecule has 0 heterocycles. The largest absolute Gasteiger partial charge is 0.493 e. The van der Waals surface area contributed by atoms with Gasteiger partial charge in [-0.1, -0.05) is 38.1 Å². The molecule has 0 aliphatic heterocycles. The predicted octanol–water partition coefficient (Wildman–Crippen LogP) is 4.09. The van der Waals surface area contributed by atoms with Crippen LogP contribution in [-0.4, -0.2) is 32.3 Å². The molecular formula is C22H29NO4. The lowest BCUT2D eigenvalue weighted by atomic mass is 10.0. The van der Waals surface area contributed by atoms with Crippen LogP contribution in [0.4, 0.5) is 0 Å². The molecule has 0 radical (unpaired) electrons. The van der Waals surface area contributed by atoms with Gasteiger partial charge in [-0.15, -0.1) is 0 Å². The Kier molecular flexibility index (Phi) is 7.53. The number of nitrogens with one attached hydrogen (secondary N) is 1. The van der Waals surface area contributed by atoms with Crippen LogP contribution in [0.2, 0.25) is 0 Å². The molecule has 1 atom stereocenters. The highest BCUT2D eigenvalue weighted by atomic mass is 16.5. The summed E-state index contributed by atoms with van der Waals surface area (Å²) in [5.74, 6) is 2.24. The van der Waals surface area contributed by atoms with Gasteiger partial charge < -0.3 is 19.5 Å². The summed E-state index contributed by atoms with van der Waals surface area (Å²) in [6.07, 6.45) is -0.587. The summed E-state index contributed by atoms with van der Waals surface area (Å²) in [5, 5.41) is 2.84. The second-order valence-corrected chi connectivity index (χ2v) is 6.75. The third-order valence-electron chi connectivity index (χ3n) is 4.19. The van der Waals surface area contributed by atoms with Crippen LogP contribution in [0.5, 0.6) is 17.2 Å². The second kappa shape index (κ2) is 9.86. The first kappa shape index (κ1) is 20.6. The number of aryl methyl sites for hydroxylation is 1. The van der Waals surface area contributed by atoms with Gasteiger partial charge in [-0.05, 0) is 49.1 Å². The molecular weight excluding hydrogens is 342 g/mol. The Balaban J connectivity index is 1.85. The summed E-state index contributed by atoms with van der Waals surface area (Å²) in [4.78, 5) is 12.3. The fourth-order valence-corrected chi connectivity index (χ4v) is 2.68. The predicted molar refractivity (Wildman–Crippen MR) is 107 cm³/mol. The summed E-state index contributed by atoms with van der Waals surface area (Å²) in [6.45, 7) is 8.71. The van der Waals surface area contributed by atoms with Gasteiger partial charge in [0.2, 0.25) is 0 Å². The Hall–Kier alpha value is -2.69. The summed E-state index contributed by atoms with van der Waals surface area (Å²) in [5.41, 5.74) is 2.20. The Morgan fingerprint density at radius 3 is 2.41 bits per heavy atom. The standard InChI is InChI=1S/C22H29NO4/c1-15(2)18-11-10-16(3)14-21(18)27-17(4)22(24)23-12-13-26-20-9-7-6-8-19(20)25-5/h6-11,14-15,17H,12-13H2,1-5H3,(H,23,24). The third-order valence-corrected chi connectivity index (χ3v) is 4.19. The Morgan fingerprint density at radius 1 is 1.04 bits per heavy atom. The maximum absolute atomic E-state index is 12.3. The van der Waals surface area contributed by atoms with Crippen LogP contribution in [0, 0.1) is 6.92 Å². The molecule has 0 fully saturated rings. The van der Waals surface area contributed by atoms with E-state index >= 15 is 0 Å². The molecule has 0 aliphatic carbocycles. The van der Waals surface area contributed by atoms with E-state index in [1.165, 1.54) is 0 Å². The SMILES string of the molecule is COc1ccccc1OCCNC(=O)C(C)Oc1cc(C)ccc1C(C)C. The van der Waals surface area contributed by atoms with Crippen molar-refractivity contribution in [1.82, 2.24) is 5.32 Å². The Labute approximate surface area is 161 Å². The lowest BCUT2D eigenvalue weighted by molar-refractivity contribution is -0.127. The van der Waals surface area contributed by atoms with Crippen LogP contribution in [0.25, 0.3) is 0 Å². The monoisotopic (exact) mass is 371 g/mol. The number of amides is 1. The van der Waals surface area contributed by atoms with E-state index in [-0.39, 0.29) is 5.91 Å². The van der Waals surface area contributed by atoms with E-state index in [0.717, 1.165) is 16.9 Å². The first-order valence-electron chi connectivity index (χ1n) is 9.23. The normalized spacial score (nSPS) is 11.8. The number of benzene rings is 2. The highest BCUT2D eigenvalue weighted by molar-refractivity contribution is 5.80. The molecule has 0 saturated carbocycles. The second-order valence-electron chi connectivity index (χ2n) is 6.75. The van der Waals surface area contributed by atoms with Crippen molar-refractivity contribution in [3.63, 3.8) is 0 Å². The molecule has 0 spiro atoms. The molecule has 0 aliphatic rings. The zero-order chi connectivity index (χ0) is 19.8. The van der Waals surface area contributed by atoms with Gasteiger partial charge in [0.15, 0.2) is 17.6 Å². The molecule has 0 saturated heterocycles. The average Bonchev–Trinajstić information content (AvgIpc) is 2.65. The van der Waals surface area contributed by atoms with E-state index in [4.69, 9.17) is 14.2 Å². The molecule has 5 nitrogen and oxygen atoms in total. The maximum atomic E-state index is 12.3. The van der Waals surface area contributed by atoms with Gasteiger partial charge in [-0.2, -0.15) is 0 Å². The van der Waals surface area contributed by atoms with E-state index < -0.39 is 6.10 Å². The van der Waals surface area contributed by atoms with Gasteiger partial charge >= 0.3 is 0 Å². The van der Waals surface area contributed by atoms with E-state index in [0.29, 0.717) is 30.6 Å². The van der Waals surface area contributed by atoms with Crippen molar-refractivity contribution < 1.29 is 19.0 Å². The van der Waals surface area contributed by atoms with Gasteiger partial charge in [-0.25, -0.2) is 0 Å². The van der Waals surface area contributed by atoms with Crippen molar-refractivity contribution in [1.29, 1.82) is 0 Å². The minimum absolute atomic E-state index is 0.171. The van der Waals surface area contributed by atoms with E-state index in [9.17, 15) is 4.79 Å². The van der Waals surface area contributed by atoms with Gasteiger partial charge in [0.1, 0.15) is 12.4 Å². The molecule has 146 valence electrons. The average molecular weight is 371 g/mol. The van der Waals surface area contributed by atoms with Gasteiger partial charge in [0, 0.05) is 0 Å². The Morgan fingerprint density at radius 2 is 1.74 bits per heavy atom. The summed E-state index contributed by atoms with van der Waals surface area (Å²) in [7, 11) is 1.60. The van der Waals surface area contributed by atoms with Crippen molar-refractivity contribution in [3.8, 4) is 17.2 Å². The number of para-hydroxylation sites is 2. The number of carbonyl (C=O) groups excluding carboxylic acids is 1. The minimum Gasteiger partial charge on any atom is -0.493 e. The molecule has 2 rings (SSSR count). The summed E-state index contributed by atoms with van der Waals surface area (Å²) < 4.78 is 16.8. The number of rotatable bonds is 9. The zero-order valence-corrected chi connectivity index (χ0v) is 16.7. The van der Waals surface area contributed by atoms with Crippen molar-refractivity contribution in [2.45, 2.75) is 39.7 Å². The van der Waals surface area contributed by atoms with Crippen LogP contribution >= 0.6 is 0 Å². The highest BCUT2D eigenvalue weighted by Crippen LogP contribution is 2.28. The highest BCUT2D eigenvalue weighted by Gasteiger charge is 2.17. The van der Waals surface area contributed by atoms with E-state index in [1.54, 1.807) is 14.0 Å². The lowest BCUT2D eigenvalue weighted by Crippen LogP contribution is -2.38. The molecule has 1 unspecified atom stereocenters. The number of hydrogen-bond donors (Lipinski definition) is 1. The van der Waals surface area contributed by atoms with Crippen molar-refractivity contribution >= 4 is 5.91 Å². The molecule has 27 heavy (non-hydrogen) atoms. The number of methoxy groups -OCH3 is 1. The van der Waals surface area contributed by atoms with Gasteiger partial charge in [-0.3, -0.25) is 4.79 Å². The Bertz CT molecular complexity index is 758. The third kappa shape index (κ3) is 5.91. The smallest absolute Gasteiger partial charge is 0.260 e. The fraction of sp³-hybridized carbons (Fsp3) is 0.409. The summed E-state index contributed by atoms with van der Waals surface area (Å²) in [6, 6.07) is 13.5. The van der Waals surface area contributed by atoms with Gasteiger partial charge in [0.05, 0.1) is 13.7 Å². The molecule has 0 bridgehead atoms. The van der Waals surface area contributed by atoms with Crippen molar-refractivity contribution in [3.05, 3.63) is 53.6 Å². The molecule has 1 N–H and O–H groups in total. The van der Waals surface area contributed by atoms with E-state index in [1.807, 2.05) is 37.3 Å². The van der Waals surface area contributed by atoms with Gasteiger partial charge in [0.25, 0.3) is 5.91 Å². The van der Waals surface area contributed by atoms with Crippen LogP contribution in [0.15, 0.2) is 42.5 Å². The van der Waals surface area contributed by atoms with Crippen molar-refractivity contribution in [2.75, 3.05) is 20.3 Å².